The average Bonchev–Trinajstić information content (AvgIpc) is 2.47. The Labute approximate surface area is 127 Å². The molecule has 1 heterocycles. The van der Waals surface area contributed by atoms with Crippen LogP contribution in [0.1, 0.15) is 38.8 Å². The lowest BCUT2D eigenvalue weighted by Crippen LogP contribution is -2.36. The van der Waals surface area contributed by atoms with Crippen LogP contribution in [0.25, 0.3) is 0 Å². The molecular weight excluding hydrogens is 267 g/mol. The van der Waals surface area contributed by atoms with Gasteiger partial charge in [-0.05, 0) is 43.5 Å². The van der Waals surface area contributed by atoms with Gasteiger partial charge in [-0.2, -0.15) is 0 Å². The molecule has 0 spiro atoms. The van der Waals surface area contributed by atoms with E-state index in [1.165, 1.54) is 0 Å². The maximum absolute atomic E-state index is 14.3. The Bertz CT molecular complexity index is 444. The molecule has 0 aromatic heterocycles. The highest BCUT2D eigenvalue weighted by molar-refractivity contribution is 5.49. The summed E-state index contributed by atoms with van der Waals surface area (Å²) in [5, 5.41) is 3.46. The largest absolute Gasteiger partial charge is 0.378 e. The zero-order valence-corrected chi connectivity index (χ0v) is 13.4. The minimum absolute atomic E-state index is 0.132. The van der Waals surface area contributed by atoms with Crippen LogP contribution in [0.15, 0.2) is 18.2 Å². The van der Waals surface area contributed by atoms with Gasteiger partial charge in [0.05, 0.1) is 18.9 Å². The number of benzene rings is 1. The van der Waals surface area contributed by atoms with Crippen LogP contribution < -0.4 is 10.2 Å². The third kappa shape index (κ3) is 4.68. The maximum atomic E-state index is 14.3. The summed E-state index contributed by atoms with van der Waals surface area (Å²) in [4.78, 5) is 2.06. The van der Waals surface area contributed by atoms with E-state index in [0.717, 1.165) is 31.6 Å². The van der Waals surface area contributed by atoms with Crippen molar-refractivity contribution in [1.82, 2.24) is 5.32 Å². The minimum Gasteiger partial charge on any atom is -0.378 e. The van der Waals surface area contributed by atoms with Crippen LogP contribution in [0.4, 0.5) is 10.1 Å². The molecule has 0 aliphatic carbocycles. The molecule has 118 valence electrons. The van der Waals surface area contributed by atoms with Gasteiger partial charge < -0.3 is 15.0 Å². The highest BCUT2D eigenvalue weighted by Gasteiger charge is 2.16. The Morgan fingerprint density at radius 1 is 1.24 bits per heavy atom. The van der Waals surface area contributed by atoms with Crippen molar-refractivity contribution in [2.24, 2.45) is 5.92 Å². The van der Waals surface area contributed by atoms with Crippen molar-refractivity contribution < 1.29 is 9.13 Å². The molecule has 1 aliphatic rings. The lowest BCUT2D eigenvalue weighted by Gasteiger charge is -2.29. The third-order valence-electron chi connectivity index (χ3n) is 4.00. The Morgan fingerprint density at radius 3 is 2.57 bits per heavy atom. The highest BCUT2D eigenvalue weighted by Crippen LogP contribution is 2.24. The molecule has 0 unspecified atom stereocenters. The summed E-state index contributed by atoms with van der Waals surface area (Å²) in [6.07, 6.45) is 1.14. The van der Waals surface area contributed by atoms with E-state index in [2.05, 4.69) is 31.0 Å². The first-order valence-electron chi connectivity index (χ1n) is 7.93. The fraction of sp³-hybridized carbons (Fsp3) is 0.647. The van der Waals surface area contributed by atoms with Crippen LogP contribution in [0, 0.1) is 11.7 Å². The van der Waals surface area contributed by atoms with E-state index in [1.807, 2.05) is 12.1 Å². The summed E-state index contributed by atoms with van der Waals surface area (Å²) in [6.45, 7) is 10.3. The van der Waals surface area contributed by atoms with Crippen molar-refractivity contribution >= 4 is 5.69 Å². The van der Waals surface area contributed by atoms with Crippen LogP contribution in [0.3, 0.4) is 0 Å². The van der Waals surface area contributed by atoms with Gasteiger partial charge in [-0.1, -0.05) is 19.9 Å². The summed E-state index contributed by atoms with van der Waals surface area (Å²) in [5.41, 5.74) is 1.70. The molecule has 2 rings (SSSR count). The van der Waals surface area contributed by atoms with E-state index in [9.17, 15) is 4.39 Å². The average molecular weight is 294 g/mol. The topological polar surface area (TPSA) is 24.5 Å². The molecule has 0 saturated carbocycles. The molecule has 1 atom stereocenters. The van der Waals surface area contributed by atoms with Crippen molar-refractivity contribution in [2.75, 3.05) is 37.7 Å². The van der Waals surface area contributed by atoms with Gasteiger partial charge in [0.25, 0.3) is 0 Å². The molecule has 1 fully saturated rings. The van der Waals surface area contributed by atoms with Gasteiger partial charge in [0, 0.05) is 19.1 Å². The van der Waals surface area contributed by atoms with Gasteiger partial charge in [-0.15, -0.1) is 0 Å². The number of morpholine rings is 1. The minimum atomic E-state index is -0.132. The molecule has 1 aliphatic heterocycles. The Kier molecular flexibility index (Phi) is 6.00. The summed E-state index contributed by atoms with van der Waals surface area (Å²) in [7, 11) is 0. The number of rotatable bonds is 6. The van der Waals surface area contributed by atoms with Crippen molar-refractivity contribution in [2.45, 2.75) is 33.2 Å². The number of anilines is 1. The molecule has 1 aromatic carbocycles. The van der Waals surface area contributed by atoms with Gasteiger partial charge in [0.15, 0.2) is 0 Å². The van der Waals surface area contributed by atoms with Gasteiger partial charge >= 0.3 is 0 Å². The molecule has 1 saturated heterocycles. The number of hydrogen-bond donors (Lipinski definition) is 1. The number of halogens is 1. The first-order chi connectivity index (χ1) is 10.1. The molecular formula is C17H27FN2O. The first kappa shape index (κ1) is 16.2. The highest BCUT2D eigenvalue weighted by atomic mass is 19.1. The van der Waals surface area contributed by atoms with Crippen molar-refractivity contribution in [3.63, 3.8) is 0 Å². The molecule has 21 heavy (non-hydrogen) atoms. The molecule has 1 N–H and O–H groups in total. The van der Waals surface area contributed by atoms with Crippen LogP contribution in [0.2, 0.25) is 0 Å². The predicted octanol–water partition coefficient (Wildman–Crippen LogP) is 3.36. The Morgan fingerprint density at radius 2 is 1.95 bits per heavy atom. The van der Waals surface area contributed by atoms with Crippen molar-refractivity contribution in [1.29, 1.82) is 0 Å². The van der Waals surface area contributed by atoms with Gasteiger partial charge in [0.1, 0.15) is 5.82 Å². The van der Waals surface area contributed by atoms with Crippen LogP contribution in [0.5, 0.6) is 0 Å². The van der Waals surface area contributed by atoms with Crippen LogP contribution in [-0.4, -0.2) is 32.8 Å². The lowest BCUT2D eigenvalue weighted by molar-refractivity contribution is 0.122. The summed E-state index contributed by atoms with van der Waals surface area (Å²) >= 11 is 0. The second-order valence-electron chi connectivity index (χ2n) is 6.17. The molecule has 0 radical (unpaired) electrons. The normalized spacial score (nSPS) is 17.3. The quantitative estimate of drug-likeness (QED) is 0.870. The maximum Gasteiger partial charge on any atom is 0.146 e. The first-order valence-corrected chi connectivity index (χ1v) is 7.93. The molecule has 4 heteroatoms. The Balaban J connectivity index is 1.97. The summed E-state index contributed by atoms with van der Waals surface area (Å²) in [5.74, 6) is 0.553. The Hall–Kier alpha value is -1.13. The smallest absolute Gasteiger partial charge is 0.146 e. The standard InChI is InChI=1S/C17H27FN2O/c1-13(2)6-7-19-14(3)15-4-5-17(16(18)12-15)20-8-10-21-11-9-20/h4-5,12-14,19H,6-11H2,1-3H3/t14-/m1/s1. The number of nitrogens with zero attached hydrogens (tertiary/aromatic N) is 1. The second kappa shape index (κ2) is 7.76. The van der Waals surface area contributed by atoms with Crippen LogP contribution >= 0.6 is 0 Å². The monoisotopic (exact) mass is 294 g/mol. The second-order valence-corrected chi connectivity index (χ2v) is 6.17. The molecule has 0 amide bonds. The molecule has 3 nitrogen and oxygen atoms in total. The van der Waals surface area contributed by atoms with Crippen molar-refractivity contribution in [3.05, 3.63) is 29.6 Å². The zero-order valence-electron chi connectivity index (χ0n) is 13.4. The summed E-state index contributed by atoms with van der Waals surface area (Å²) < 4.78 is 19.6. The molecule has 0 bridgehead atoms. The van der Waals surface area contributed by atoms with Crippen molar-refractivity contribution in [3.8, 4) is 0 Å². The van der Waals surface area contributed by atoms with E-state index >= 15 is 0 Å². The fourth-order valence-corrected chi connectivity index (χ4v) is 2.56. The predicted molar refractivity (Wildman–Crippen MR) is 85.3 cm³/mol. The number of nitrogens with one attached hydrogen (secondary N) is 1. The van der Waals surface area contributed by atoms with Gasteiger partial charge in [0.2, 0.25) is 0 Å². The van der Waals surface area contributed by atoms with Crippen LogP contribution in [-0.2, 0) is 4.74 Å². The van der Waals surface area contributed by atoms with Gasteiger partial charge in [-0.3, -0.25) is 0 Å². The number of ether oxygens (including phenoxy) is 1. The third-order valence-corrected chi connectivity index (χ3v) is 4.00. The van der Waals surface area contributed by atoms with E-state index in [0.29, 0.717) is 24.8 Å². The summed E-state index contributed by atoms with van der Waals surface area (Å²) in [6, 6.07) is 5.77. The zero-order chi connectivity index (χ0) is 15.2. The van der Waals surface area contributed by atoms with E-state index in [4.69, 9.17) is 4.74 Å². The fourth-order valence-electron chi connectivity index (χ4n) is 2.56. The SMILES string of the molecule is CC(C)CCN[C@H](C)c1ccc(N2CCOCC2)c(F)c1. The van der Waals surface area contributed by atoms with Gasteiger partial charge in [-0.25, -0.2) is 4.39 Å². The van der Waals surface area contributed by atoms with E-state index in [1.54, 1.807) is 6.07 Å². The van der Waals surface area contributed by atoms with E-state index < -0.39 is 0 Å². The number of hydrogen-bond acceptors (Lipinski definition) is 3. The molecule has 1 aromatic rings. The van der Waals surface area contributed by atoms with E-state index in [-0.39, 0.29) is 11.9 Å². The lowest BCUT2D eigenvalue weighted by atomic mass is 10.1.